The van der Waals surface area contributed by atoms with Gasteiger partial charge in [0.1, 0.15) is 0 Å². The van der Waals surface area contributed by atoms with Gasteiger partial charge in [0.25, 0.3) is 0 Å². The van der Waals surface area contributed by atoms with Gasteiger partial charge < -0.3 is 11.1 Å². The number of nitrogens with one attached hydrogen (secondary N) is 1. The van der Waals surface area contributed by atoms with Crippen LogP contribution < -0.4 is 11.1 Å². The van der Waals surface area contributed by atoms with E-state index in [1.54, 1.807) is 0 Å². The van der Waals surface area contributed by atoms with Crippen molar-refractivity contribution >= 4 is 16.5 Å². The van der Waals surface area contributed by atoms with Gasteiger partial charge in [0, 0.05) is 23.7 Å². The Labute approximate surface area is 108 Å². The maximum atomic E-state index is 5.81. The Hall–Kier alpha value is -1.54. The molecule has 1 fully saturated rings. The Balaban J connectivity index is 2.01. The monoisotopic (exact) mass is 240 g/mol. The van der Waals surface area contributed by atoms with Crippen LogP contribution in [0.25, 0.3) is 10.8 Å². The number of anilines is 1. The lowest BCUT2D eigenvalue weighted by Gasteiger charge is -2.17. The zero-order valence-electron chi connectivity index (χ0n) is 10.7. The van der Waals surface area contributed by atoms with Gasteiger partial charge in [-0.25, -0.2) is 0 Å². The van der Waals surface area contributed by atoms with E-state index < -0.39 is 0 Å². The summed E-state index contributed by atoms with van der Waals surface area (Å²) in [5, 5.41) is 6.27. The molecule has 2 heteroatoms. The van der Waals surface area contributed by atoms with Gasteiger partial charge in [-0.2, -0.15) is 0 Å². The molecule has 0 heterocycles. The minimum Gasteiger partial charge on any atom is -0.382 e. The number of rotatable bonds is 3. The minimum absolute atomic E-state index is 0.601. The summed E-state index contributed by atoms with van der Waals surface area (Å²) in [4.78, 5) is 0. The number of hydrogen-bond donors (Lipinski definition) is 2. The van der Waals surface area contributed by atoms with Crippen molar-refractivity contribution in [3.05, 3.63) is 42.0 Å². The Morgan fingerprint density at radius 2 is 1.72 bits per heavy atom. The van der Waals surface area contributed by atoms with Crippen molar-refractivity contribution in [1.29, 1.82) is 0 Å². The molecular weight excluding hydrogens is 220 g/mol. The van der Waals surface area contributed by atoms with E-state index in [2.05, 4.69) is 41.7 Å². The molecule has 0 unspecified atom stereocenters. The third kappa shape index (κ3) is 2.08. The molecule has 0 atom stereocenters. The minimum atomic E-state index is 0.601. The van der Waals surface area contributed by atoms with Gasteiger partial charge in [-0.15, -0.1) is 0 Å². The van der Waals surface area contributed by atoms with Crippen LogP contribution in [0.15, 0.2) is 36.4 Å². The largest absolute Gasteiger partial charge is 0.382 e. The van der Waals surface area contributed by atoms with Crippen LogP contribution in [0.1, 0.15) is 31.2 Å². The summed E-state index contributed by atoms with van der Waals surface area (Å²) in [5.41, 5.74) is 8.29. The van der Waals surface area contributed by atoms with Crippen LogP contribution in [0.2, 0.25) is 0 Å². The molecular formula is C16H20N2. The van der Waals surface area contributed by atoms with Gasteiger partial charge in [-0.05, 0) is 29.9 Å². The van der Waals surface area contributed by atoms with E-state index in [1.807, 2.05) is 0 Å². The average Bonchev–Trinajstić information content (AvgIpc) is 2.92. The highest BCUT2D eigenvalue weighted by Gasteiger charge is 2.15. The van der Waals surface area contributed by atoms with Gasteiger partial charge in [0.2, 0.25) is 0 Å². The van der Waals surface area contributed by atoms with Gasteiger partial charge in [-0.1, -0.05) is 43.2 Å². The number of fused-ring (bicyclic) bond motifs is 1. The lowest BCUT2D eigenvalue weighted by atomic mass is 10.0. The molecule has 3 N–H and O–H groups in total. The first-order valence-corrected chi connectivity index (χ1v) is 6.86. The van der Waals surface area contributed by atoms with Gasteiger partial charge in [0.05, 0.1) is 0 Å². The van der Waals surface area contributed by atoms with E-state index in [1.165, 1.54) is 47.7 Å². The molecule has 1 aliphatic carbocycles. The van der Waals surface area contributed by atoms with Crippen molar-refractivity contribution in [3.63, 3.8) is 0 Å². The first-order chi connectivity index (χ1) is 8.88. The maximum absolute atomic E-state index is 5.81. The lowest BCUT2D eigenvalue weighted by Crippen LogP contribution is -2.14. The topological polar surface area (TPSA) is 38.0 Å². The van der Waals surface area contributed by atoms with Crippen LogP contribution in [-0.4, -0.2) is 6.04 Å². The molecule has 0 saturated heterocycles. The molecule has 0 aliphatic heterocycles. The molecule has 2 aromatic carbocycles. The van der Waals surface area contributed by atoms with Crippen molar-refractivity contribution in [1.82, 2.24) is 0 Å². The number of benzene rings is 2. The fraction of sp³-hybridized carbons (Fsp3) is 0.375. The van der Waals surface area contributed by atoms with E-state index in [0.29, 0.717) is 12.6 Å². The zero-order chi connectivity index (χ0) is 12.4. The second kappa shape index (κ2) is 4.99. The van der Waals surface area contributed by atoms with Crippen molar-refractivity contribution in [2.45, 2.75) is 38.3 Å². The molecule has 0 radical (unpaired) electrons. The third-order valence-corrected chi connectivity index (χ3v) is 3.95. The van der Waals surface area contributed by atoms with Crippen LogP contribution in [0, 0.1) is 0 Å². The van der Waals surface area contributed by atoms with Crippen molar-refractivity contribution in [3.8, 4) is 0 Å². The van der Waals surface area contributed by atoms with E-state index >= 15 is 0 Å². The summed E-state index contributed by atoms with van der Waals surface area (Å²) in [7, 11) is 0. The molecule has 2 aromatic rings. The first-order valence-electron chi connectivity index (χ1n) is 6.86. The number of hydrogen-bond acceptors (Lipinski definition) is 2. The van der Waals surface area contributed by atoms with Crippen molar-refractivity contribution in [2.75, 3.05) is 5.32 Å². The van der Waals surface area contributed by atoms with Crippen LogP contribution in [-0.2, 0) is 6.54 Å². The smallest absolute Gasteiger partial charge is 0.0422 e. The predicted octanol–water partition coefficient (Wildman–Crippen LogP) is 3.65. The van der Waals surface area contributed by atoms with Crippen molar-refractivity contribution in [2.24, 2.45) is 5.73 Å². The maximum Gasteiger partial charge on any atom is 0.0422 e. The molecule has 0 spiro atoms. The number of nitrogens with two attached hydrogens (primary N) is 1. The Bertz CT molecular complexity index is 542. The lowest BCUT2D eigenvalue weighted by molar-refractivity contribution is 0.756. The summed E-state index contributed by atoms with van der Waals surface area (Å²) in [5.74, 6) is 0. The van der Waals surface area contributed by atoms with E-state index in [-0.39, 0.29) is 0 Å². The first kappa shape index (κ1) is 11.5. The summed E-state index contributed by atoms with van der Waals surface area (Å²) >= 11 is 0. The highest BCUT2D eigenvalue weighted by Crippen LogP contribution is 2.29. The van der Waals surface area contributed by atoms with Gasteiger partial charge in [-0.3, -0.25) is 0 Å². The SMILES string of the molecule is NCc1ccc(NC2CCCC2)c2ccccc12. The van der Waals surface area contributed by atoms with E-state index in [0.717, 1.165) is 0 Å². The zero-order valence-corrected chi connectivity index (χ0v) is 10.7. The van der Waals surface area contributed by atoms with E-state index in [4.69, 9.17) is 5.73 Å². The summed E-state index contributed by atoms with van der Waals surface area (Å²) < 4.78 is 0. The molecule has 0 aromatic heterocycles. The summed E-state index contributed by atoms with van der Waals surface area (Å²) in [6.07, 6.45) is 5.31. The predicted molar refractivity (Wildman–Crippen MR) is 77.7 cm³/mol. The fourth-order valence-electron chi connectivity index (χ4n) is 2.96. The molecule has 3 rings (SSSR count). The fourth-order valence-corrected chi connectivity index (χ4v) is 2.96. The average molecular weight is 240 g/mol. The van der Waals surface area contributed by atoms with Gasteiger partial charge in [0.15, 0.2) is 0 Å². The van der Waals surface area contributed by atoms with Crippen molar-refractivity contribution < 1.29 is 0 Å². The normalized spacial score (nSPS) is 16.3. The summed E-state index contributed by atoms with van der Waals surface area (Å²) in [6, 6.07) is 13.5. The van der Waals surface area contributed by atoms with Crippen LogP contribution >= 0.6 is 0 Å². The second-order valence-electron chi connectivity index (χ2n) is 5.15. The molecule has 1 aliphatic rings. The highest BCUT2D eigenvalue weighted by atomic mass is 14.9. The molecule has 2 nitrogen and oxygen atoms in total. The van der Waals surface area contributed by atoms with Crippen LogP contribution in [0.3, 0.4) is 0 Å². The molecule has 0 amide bonds. The molecule has 1 saturated carbocycles. The quantitative estimate of drug-likeness (QED) is 0.859. The summed E-state index contributed by atoms with van der Waals surface area (Å²) in [6.45, 7) is 0.601. The standard InChI is InChI=1S/C16H20N2/c17-11-12-9-10-16(18-13-5-1-2-6-13)15-8-4-3-7-14(12)15/h3-4,7-10,13,18H,1-2,5-6,11,17H2. The molecule has 18 heavy (non-hydrogen) atoms. The molecule has 0 bridgehead atoms. The highest BCUT2D eigenvalue weighted by molar-refractivity contribution is 5.96. The second-order valence-corrected chi connectivity index (χ2v) is 5.15. The van der Waals surface area contributed by atoms with Crippen LogP contribution in [0.5, 0.6) is 0 Å². The van der Waals surface area contributed by atoms with E-state index in [9.17, 15) is 0 Å². The van der Waals surface area contributed by atoms with Crippen LogP contribution in [0.4, 0.5) is 5.69 Å². The Kier molecular flexibility index (Phi) is 3.20. The Morgan fingerprint density at radius 3 is 2.44 bits per heavy atom. The Morgan fingerprint density at radius 1 is 1.00 bits per heavy atom. The third-order valence-electron chi connectivity index (χ3n) is 3.95. The van der Waals surface area contributed by atoms with Gasteiger partial charge >= 0.3 is 0 Å². The molecule has 94 valence electrons.